The minimum atomic E-state index is -0.944. The van der Waals surface area contributed by atoms with E-state index >= 15 is 0 Å². The van der Waals surface area contributed by atoms with E-state index in [-0.39, 0.29) is 17.5 Å². The molecule has 2 bridgehead atoms. The molecular formula is C18H23NO3. The third kappa shape index (κ3) is 3.16. The SMILES string of the molecule is CC(NC(=O)Cc1ccc(C(=O)O)cc1)C1CC2CCC1C2. The van der Waals surface area contributed by atoms with Crippen molar-refractivity contribution in [2.45, 2.75) is 45.1 Å². The van der Waals surface area contributed by atoms with Crippen molar-refractivity contribution in [3.63, 3.8) is 0 Å². The van der Waals surface area contributed by atoms with Crippen molar-refractivity contribution in [3.05, 3.63) is 35.4 Å². The molecular weight excluding hydrogens is 278 g/mol. The highest BCUT2D eigenvalue weighted by molar-refractivity contribution is 5.87. The Bertz CT molecular complexity index is 566. The second-order valence-electron chi connectivity index (χ2n) is 6.87. The molecule has 4 unspecified atom stereocenters. The van der Waals surface area contributed by atoms with Gasteiger partial charge in [0, 0.05) is 6.04 Å². The fraction of sp³-hybridized carbons (Fsp3) is 0.556. The predicted octanol–water partition coefficient (Wildman–Crippen LogP) is 2.87. The van der Waals surface area contributed by atoms with Gasteiger partial charge < -0.3 is 10.4 Å². The van der Waals surface area contributed by atoms with Crippen molar-refractivity contribution in [3.8, 4) is 0 Å². The van der Waals surface area contributed by atoms with Crippen LogP contribution in [-0.2, 0) is 11.2 Å². The highest BCUT2D eigenvalue weighted by atomic mass is 16.4. The molecule has 2 aliphatic carbocycles. The first-order valence-corrected chi connectivity index (χ1v) is 8.14. The van der Waals surface area contributed by atoms with Gasteiger partial charge in [0.2, 0.25) is 5.91 Å². The van der Waals surface area contributed by atoms with Crippen LogP contribution < -0.4 is 5.32 Å². The number of benzene rings is 1. The minimum absolute atomic E-state index is 0.0262. The van der Waals surface area contributed by atoms with Crippen LogP contribution in [0.25, 0.3) is 0 Å². The molecule has 1 amide bonds. The first kappa shape index (κ1) is 15.1. The van der Waals surface area contributed by atoms with E-state index < -0.39 is 5.97 Å². The maximum absolute atomic E-state index is 12.2. The molecule has 2 aliphatic rings. The number of amides is 1. The molecule has 2 fully saturated rings. The summed E-state index contributed by atoms with van der Waals surface area (Å²) in [6.45, 7) is 2.12. The molecule has 0 radical (unpaired) electrons. The van der Waals surface area contributed by atoms with Gasteiger partial charge in [-0.3, -0.25) is 4.79 Å². The summed E-state index contributed by atoms with van der Waals surface area (Å²) in [5, 5.41) is 12.0. The van der Waals surface area contributed by atoms with Gasteiger partial charge in [0.1, 0.15) is 0 Å². The van der Waals surface area contributed by atoms with Crippen molar-refractivity contribution in [2.75, 3.05) is 0 Å². The molecule has 4 heteroatoms. The Morgan fingerprint density at radius 2 is 1.95 bits per heavy atom. The van der Waals surface area contributed by atoms with Crippen LogP contribution in [0.3, 0.4) is 0 Å². The van der Waals surface area contributed by atoms with Gasteiger partial charge in [-0.05, 0) is 61.6 Å². The van der Waals surface area contributed by atoms with E-state index in [2.05, 4.69) is 12.2 Å². The number of hydrogen-bond acceptors (Lipinski definition) is 2. The van der Waals surface area contributed by atoms with E-state index in [4.69, 9.17) is 5.11 Å². The van der Waals surface area contributed by atoms with E-state index in [1.54, 1.807) is 24.3 Å². The molecule has 2 N–H and O–H groups in total. The molecule has 2 saturated carbocycles. The molecule has 118 valence electrons. The second kappa shape index (κ2) is 6.11. The number of carboxylic acids is 1. The lowest BCUT2D eigenvalue weighted by molar-refractivity contribution is -0.121. The second-order valence-corrected chi connectivity index (χ2v) is 6.87. The topological polar surface area (TPSA) is 66.4 Å². The Balaban J connectivity index is 1.52. The lowest BCUT2D eigenvalue weighted by Crippen LogP contribution is -2.40. The van der Waals surface area contributed by atoms with Crippen molar-refractivity contribution in [1.82, 2.24) is 5.32 Å². The fourth-order valence-electron chi connectivity index (χ4n) is 4.27. The van der Waals surface area contributed by atoms with Gasteiger partial charge in [-0.25, -0.2) is 4.79 Å². The van der Waals surface area contributed by atoms with Crippen LogP contribution >= 0.6 is 0 Å². The number of carbonyl (C=O) groups excluding carboxylic acids is 1. The number of hydrogen-bond donors (Lipinski definition) is 2. The van der Waals surface area contributed by atoms with Crippen molar-refractivity contribution in [2.24, 2.45) is 17.8 Å². The van der Waals surface area contributed by atoms with Gasteiger partial charge in [0.05, 0.1) is 12.0 Å². The minimum Gasteiger partial charge on any atom is -0.478 e. The van der Waals surface area contributed by atoms with E-state index in [1.807, 2.05) is 0 Å². The van der Waals surface area contributed by atoms with Crippen molar-refractivity contribution >= 4 is 11.9 Å². The van der Waals surface area contributed by atoms with Gasteiger partial charge in [-0.1, -0.05) is 18.6 Å². The average Bonchev–Trinajstić information content (AvgIpc) is 3.10. The van der Waals surface area contributed by atoms with Crippen LogP contribution in [0.4, 0.5) is 0 Å². The van der Waals surface area contributed by atoms with Gasteiger partial charge in [0.15, 0.2) is 0 Å². The molecule has 4 atom stereocenters. The number of carbonyl (C=O) groups is 2. The van der Waals surface area contributed by atoms with Crippen molar-refractivity contribution < 1.29 is 14.7 Å². The average molecular weight is 301 g/mol. The fourth-order valence-corrected chi connectivity index (χ4v) is 4.27. The maximum atomic E-state index is 12.2. The highest BCUT2D eigenvalue weighted by Crippen LogP contribution is 2.49. The molecule has 3 rings (SSSR count). The molecule has 0 aromatic heterocycles. The molecule has 22 heavy (non-hydrogen) atoms. The van der Waals surface area contributed by atoms with E-state index in [1.165, 1.54) is 25.7 Å². The number of fused-ring (bicyclic) bond motifs is 2. The summed E-state index contributed by atoms with van der Waals surface area (Å²) in [5.74, 6) is 1.41. The Hall–Kier alpha value is -1.84. The molecule has 0 saturated heterocycles. The number of carboxylic acid groups (broad SMARTS) is 1. The summed E-state index contributed by atoms with van der Waals surface area (Å²) in [6.07, 6.45) is 5.62. The highest BCUT2D eigenvalue weighted by Gasteiger charge is 2.42. The zero-order chi connectivity index (χ0) is 15.7. The van der Waals surface area contributed by atoms with Crippen LogP contribution in [0.15, 0.2) is 24.3 Å². The van der Waals surface area contributed by atoms with Gasteiger partial charge in [-0.15, -0.1) is 0 Å². The quantitative estimate of drug-likeness (QED) is 0.879. The Morgan fingerprint density at radius 3 is 2.50 bits per heavy atom. The normalized spacial score (nSPS) is 27.6. The predicted molar refractivity (Wildman–Crippen MR) is 83.6 cm³/mol. The Kier molecular flexibility index (Phi) is 4.19. The summed E-state index contributed by atoms with van der Waals surface area (Å²) >= 11 is 0. The largest absolute Gasteiger partial charge is 0.478 e. The van der Waals surface area contributed by atoms with Gasteiger partial charge in [0.25, 0.3) is 0 Å². The smallest absolute Gasteiger partial charge is 0.335 e. The summed E-state index contributed by atoms with van der Waals surface area (Å²) in [5.41, 5.74) is 1.10. The van der Waals surface area contributed by atoms with Crippen molar-refractivity contribution in [1.29, 1.82) is 0 Å². The lowest BCUT2D eigenvalue weighted by atomic mass is 9.84. The Morgan fingerprint density at radius 1 is 1.23 bits per heavy atom. The molecule has 1 aromatic rings. The third-order valence-corrected chi connectivity index (χ3v) is 5.39. The Labute approximate surface area is 130 Å². The molecule has 1 aromatic carbocycles. The zero-order valence-electron chi connectivity index (χ0n) is 12.9. The molecule has 0 aliphatic heterocycles. The summed E-state index contributed by atoms with van der Waals surface area (Å²) in [7, 11) is 0. The van der Waals surface area contributed by atoms with Crippen LogP contribution in [0.5, 0.6) is 0 Å². The maximum Gasteiger partial charge on any atom is 0.335 e. The standard InChI is InChI=1S/C18H23NO3/c1-11(16-9-13-4-7-15(16)8-13)19-17(20)10-12-2-5-14(6-3-12)18(21)22/h2-3,5-6,11,13,15-16H,4,7-10H2,1H3,(H,19,20)(H,21,22). The van der Waals surface area contributed by atoms with Crippen LogP contribution in [-0.4, -0.2) is 23.0 Å². The van der Waals surface area contributed by atoms with E-state index in [9.17, 15) is 9.59 Å². The van der Waals surface area contributed by atoms with Crippen LogP contribution in [0, 0.1) is 17.8 Å². The lowest BCUT2D eigenvalue weighted by Gasteiger charge is -2.28. The first-order valence-electron chi connectivity index (χ1n) is 8.14. The van der Waals surface area contributed by atoms with E-state index in [0.717, 1.165) is 17.4 Å². The van der Waals surface area contributed by atoms with Crippen LogP contribution in [0.2, 0.25) is 0 Å². The summed E-state index contributed by atoms with van der Waals surface area (Å²) in [6, 6.07) is 6.76. The zero-order valence-corrected chi connectivity index (χ0v) is 12.9. The first-order chi connectivity index (χ1) is 10.5. The number of aromatic carboxylic acids is 1. The van der Waals surface area contributed by atoms with Gasteiger partial charge >= 0.3 is 5.97 Å². The van der Waals surface area contributed by atoms with Crippen LogP contribution in [0.1, 0.15) is 48.5 Å². The molecule has 4 nitrogen and oxygen atoms in total. The summed E-state index contributed by atoms with van der Waals surface area (Å²) in [4.78, 5) is 23.0. The number of rotatable bonds is 5. The summed E-state index contributed by atoms with van der Waals surface area (Å²) < 4.78 is 0. The number of nitrogens with one attached hydrogen (secondary N) is 1. The molecule has 0 spiro atoms. The van der Waals surface area contributed by atoms with E-state index in [0.29, 0.717) is 12.3 Å². The van der Waals surface area contributed by atoms with Gasteiger partial charge in [-0.2, -0.15) is 0 Å². The third-order valence-electron chi connectivity index (χ3n) is 5.39. The monoisotopic (exact) mass is 301 g/mol. The molecule has 0 heterocycles.